The lowest BCUT2D eigenvalue weighted by molar-refractivity contribution is 0.0944. The van der Waals surface area contributed by atoms with Gasteiger partial charge >= 0.3 is 6.09 Å². The Bertz CT molecular complexity index is 929. The number of hydrogen-bond donors (Lipinski definition) is 1. The van der Waals surface area contributed by atoms with E-state index in [0.29, 0.717) is 26.1 Å². The minimum atomic E-state index is -0.364. The third-order valence-electron chi connectivity index (χ3n) is 5.30. The average Bonchev–Trinajstić information content (AvgIpc) is 3.09. The van der Waals surface area contributed by atoms with Crippen LogP contribution in [0.4, 0.5) is 4.79 Å². The second-order valence-electron chi connectivity index (χ2n) is 7.16. The first-order valence-electron chi connectivity index (χ1n) is 9.87. The van der Waals surface area contributed by atoms with Gasteiger partial charge in [-0.2, -0.15) is 0 Å². The molecule has 1 amide bonds. The van der Waals surface area contributed by atoms with Crippen LogP contribution in [0.15, 0.2) is 73.1 Å². The summed E-state index contributed by atoms with van der Waals surface area (Å²) in [6.45, 7) is 1.19. The van der Waals surface area contributed by atoms with Gasteiger partial charge in [0.1, 0.15) is 6.61 Å². The van der Waals surface area contributed by atoms with E-state index in [-0.39, 0.29) is 18.6 Å². The second-order valence-corrected chi connectivity index (χ2v) is 7.16. The number of amides is 1. The summed E-state index contributed by atoms with van der Waals surface area (Å²) in [6.07, 6.45) is 3.56. The van der Waals surface area contributed by atoms with E-state index in [4.69, 9.17) is 4.74 Å². The number of hydrogen-bond acceptors (Lipinski definition) is 4. The van der Waals surface area contributed by atoms with Crippen LogP contribution < -0.4 is 0 Å². The summed E-state index contributed by atoms with van der Waals surface area (Å²) in [6, 6.07) is 20.3. The third-order valence-corrected chi connectivity index (χ3v) is 5.30. The lowest BCUT2D eigenvalue weighted by atomic mass is 9.98. The van der Waals surface area contributed by atoms with Gasteiger partial charge < -0.3 is 14.7 Å². The number of aromatic nitrogens is 1. The number of pyridine rings is 1. The van der Waals surface area contributed by atoms with Crippen LogP contribution in [-0.2, 0) is 11.3 Å². The Hall–Kier alpha value is -3.18. The number of fused-ring (bicyclic) bond motifs is 3. The summed E-state index contributed by atoms with van der Waals surface area (Å²) in [5.41, 5.74) is 5.78. The van der Waals surface area contributed by atoms with E-state index in [0.717, 1.165) is 5.56 Å². The van der Waals surface area contributed by atoms with Gasteiger partial charge in [0.15, 0.2) is 0 Å². The first-order valence-corrected chi connectivity index (χ1v) is 9.87. The highest BCUT2D eigenvalue weighted by Gasteiger charge is 2.29. The number of carbonyl (C=O) groups is 1. The normalized spacial score (nSPS) is 12.3. The van der Waals surface area contributed by atoms with E-state index in [1.165, 1.54) is 22.3 Å². The molecule has 5 heteroatoms. The number of nitrogens with zero attached hydrogens (tertiary/aromatic N) is 2. The molecule has 29 heavy (non-hydrogen) atoms. The van der Waals surface area contributed by atoms with Crippen molar-refractivity contribution in [3.8, 4) is 11.1 Å². The van der Waals surface area contributed by atoms with Gasteiger partial charge in [-0.1, -0.05) is 48.5 Å². The minimum Gasteiger partial charge on any atom is -0.448 e. The molecule has 0 bridgehead atoms. The molecule has 1 aromatic heterocycles. The summed E-state index contributed by atoms with van der Waals surface area (Å²) in [5.74, 6) is 0.0342. The molecule has 0 radical (unpaired) electrons. The average molecular weight is 388 g/mol. The second kappa shape index (κ2) is 8.88. The molecule has 0 unspecified atom stereocenters. The van der Waals surface area contributed by atoms with Crippen LogP contribution in [0.3, 0.4) is 0 Å². The van der Waals surface area contributed by atoms with Gasteiger partial charge in [-0.25, -0.2) is 4.79 Å². The molecule has 148 valence electrons. The number of carbonyl (C=O) groups excluding carboxylic acids is 1. The largest absolute Gasteiger partial charge is 0.448 e. The lowest BCUT2D eigenvalue weighted by Crippen LogP contribution is -2.33. The molecule has 4 rings (SSSR count). The molecule has 1 aliphatic carbocycles. The molecule has 1 N–H and O–H groups in total. The zero-order valence-corrected chi connectivity index (χ0v) is 16.2. The molecule has 1 heterocycles. The Morgan fingerprint density at radius 1 is 0.966 bits per heavy atom. The number of rotatable bonds is 7. The van der Waals surface area contributed by atoms with E-state index < -0.39 is 0 Å². The van der Waals surface area contributed by atoms with Gasteiger partial charge in [-0.3, -0.25) is 4.98 Å². The molecule has 0 atom stereocenters. The number of aliphatic hydroxyl groups is 1. The van der Waals surface area contributed by atoms with Crippen molar-refractivity contribution in [3.05, 3.63) is 89.7 Å². The van der Waals surface area contributed by atoms with Crippen LogP contribution in [0.5, 0.6) is 0 Å². The number of aliphatic hydroxyl groups excluding tert-OH is 1. The van der Waals surface area contributed by atoms with Crippen molar-refractivity contribution in [3.63, 3.8) is 0 Å². The first kappa shape index (κ1) is 19.2. The topological polar surface area (TPSA) is 62.7 Å². The molecule has 0 saturated heterocycles. The van der Waals surface area contributed by atoms with Crippen LogP contribution in [0.2, 0.25) is 0 Å². The van der Waals surface area contributed by atoms with E-state index in [2.05, 4.69) is 29.2 Å². The Labute approximate surface area is 170 Å². The molecule has 0 aliphatic heterocycles. The van der Waals surface area contributed by atoms with E-state index in [1.807, 2.05) is 36.4 Å². The minimum absolute atomic E-state index is 0.0313. The van der Waals surface area contributed by atoms with Crippen molar-refractivity contribution in [2.45, 2.75) is 18.9 Å². The van der Waals surface area contributed by atoms with Crippen molar-refractivity contribution in [2.24, 2.45) is 0 Å². The standard InChI is InChI=1S/C24H24N2O3/c27-15-5-14-26(16-18-10-12-25-13-11-18)24(28)29-17-23-21-8-3-1-6-19(21)20-7-2-4-9-22(20)23/h1-4,6-13,23,27H,5,14-17H2. The van der Waals surface area contributed by atoms with E-state index in [1.54, 1.807) is 17.3 Å². The monoisotopic (exact) mass is 388 g/mol. The summed E-state index contributed by atoms with van der Waals surface area (Å²) >= 11 is 0. The van der Waals surface area contributed by atoms with Gasteiger partial charge in [-0.15, -0.1) is 0 Å². The summed E-state index contributed by atoms with van der Waals surface area (Å²) < 4.78 is 5.76. The zero-order valence-electron chi connectivity index (χ0n) is 16.2. The Morgan fingerprint density at radius 3 is 2.21 bits per heavy atom. The third kappa shape index (κ3) is 4.15. The molecular formula is C24H24N2O3. The number of ether oxygens (including phenoxy) is 1. The molecule has 0 spiro atoms. The van der Waals surface area contributed by atoms with Gasteiger partial charge in [0.05, 0.1) is 0 Å². The fourth-order valence-electron chi connectivity index (χ4n) is 3.89. The molecule has 3 aromatic rings. The first-order chi connectivity index (χ1) is 14.3. The maximum atomic E-state index is 12.8. The molecule has 2 aromatic carbocycles. The van der Waals surface area contributed by atoms with Crippen molar-refractivity contribution in [1.29, 1.82) is 0 Å². The summed E-state index contributed by atoms with van der Waals surface area (Å²) in [5, 5.41) is 9.20. The lowest BCUT2D eigenvalue weighted by Gasteiger charge is -2.23. The van der Waals surface area contributed by atoms with Gasteiger partial charge in [0.2, 0.25) is 0 Å². The van der Waals surface area contributed by atoms with Crippen molar-refractivity contribution in [2.75, 3.05) is 19.8 Å². The van der Waals surface area contributed by atoms with E-state index >= 15 is 0 Å². The predicted octanol–water partition coefficient (Wildman–Crippen LogP) is 4.22. The maximum absolute atomic E-state index is 12.8. The fraction of sp³-hybridized carbons (Fsp3) is 0.250. The highest BCUT2D eigenvalue weighted by molar-refractivity contribution is 5.79. The Kier molecular flexibility index (Phi) is 5.86. The Balaban J connectivity index is 1.49. The predicted molar refractivity (Wildman–Crippen MR) is 111 cm³/mol. The molecule has 0 fully saturated rings. The summed E-state index contributed by atoms with van der Waals surface area (Å²) in [7, 11) is 0. The molecule has 0 saturated carbocycles. The molecule has 1 aliphatic rings. The smallest absolute Gasteiger partial charge is 0.410 e. The van der Waals surface area contributed by atoms with Gasteiger partial charge in [0, 0.05) is 38.0 Å². The van der Waals surface area contributed by atoms with Crippen LogP contribution >= 0.6 is 0 Å². The zero-order chi connectivity index (χ0) is 20.1. The SMILES string of the molecule is O=C(OCC1c2ccccc2-c2ccccc21)N(CCCO)Cc1ccncc1. The highest BCUT2D eigenvalue weighted by Crippen LogP contribution is 2.44. The van der Waals surface area contributed by atoms with Crippen LogP contribution in [0.1, 0.15) is 29.0 Å². The van der Waals surface area contributed by atoms with Crippen LogP contribution in [-0.4, -0.2) is 40.8 Å². The van der Waals surface area contributed by atoms with Crippen LogP contribution in [0, 0.1) is 0 Å². The Morgan fingerprint density at radius 2 is 1.59 bits per heavy atom. The maximum Gasteiger partial charge on any atom is 0.410 e. The van der Waals surface area contributed by atoms with Crippen molar-refractivity contribution in [1.82, 2.24) is 9.88 Å². The highest BCUT2D eigenvalue weighted by atomic mass is 16.6. The van der Waals surface area contributed by atoms with Gasteiger partial charge in [-0.05, 0) is 46.4 Å². The van der Waals surface area contributed by atoms with E-state index in [9.17, 15) is 9.90 Å². The van der Waals surface area contributed by atoms with Gasteiger partial charge in [0.25, 0.3) is 0 Å². The van der Waals surface area contributed by atoms with Crippen LogP contribution in [0.25, 0.3) is 11.1 Å². The fourth-order valence-corrected chi connectivity index (χ4v) is 3.89. The quantitative estimate of drug-likeness (QED) is 0.658. The van der Waals surface area contributed by atoms with Crippen molar-refractivity contribution >= 4 is 6.09 Å². The molecule has 5 nitrogen and oxygen atoms in total. The van der Waals surface area contributed by atoms with Crippen molar-refractivity contribution < 1.29 is 14.6 Å². The number of benzene rings is 2. The summed E-state index contributed by atoms with van der Waals surface area (Å²) in [4.78, 5) is 18.5. The molecular weight excluding hydrogens is 364 g/mol.